The van der Waals surface area contributed by atoms with Gasteiger partial charge in [-0.05, 0) is 43.7 Å². The number of aryl methyl sites for hydroxylation is 1. The normalized spacial score (nSPS) is 11.2. The molecule has 1 aromatic heterocycles. The third kappa shape index (κ3) is 3.91. The van der Waals surface area contributed by atoms with Crippen molar-refractivity contribution in [1.29, 1.82) is 0 Å². The van der Waals surface area contributed by atoms with Gasteiger partial charge in [0.25, 0.3) is 10.0 Å². The van der Waals surface area contributed by atoms with E-state index in [1.54, 1.807) is 13.0 Å². The fourth-order valence-corrected chi connectivity index (χ4v) is 2.92. The second-order valence-corrected chi connectivity index (χ2v) is 6.21. The van der Waals surface area contributed by atoms with Gasteiger partial charge in [0.1, 0.15) is 11.6 Å². The summed E-state index contributed by atoms with van der Waals surface area (Å²) in [5, 5.41) is 2.94. The highest BCUT2D eigenvalue weighted by Gasteiger charge is 2.15. The molecule has 0 saturated heterocycles. The fraction of sp³-hybridized carbons (Fsp3) is 0.214. The van der Waals surface area contributed by atoms with Crippen LogP contribution in [-0.4, -0.2) is 19.9 Å². The van der Waals surface area contributed by atoms with Crippen LogP contribution in [0.25, 0.3) is 0 Å². The van der Waals surface area contributed by atoms with Crippen molar-refractivity contribution >= 4 is 21.5 Å². The molecule has 0 atom stereocenters. The number of rotatable bonds is 5. The summed E-state index contributed by atoms with van der Waals surface area (Å²) in [6.07, 6.45) is 1.41. The lowest BCUT2D eigenvalue weighted by Crippen LogP contribution is -2.14. The van der Waals surface area contributed by atoms with Gasteiger partial charge in [-0.15, -0.1) is 0 Å². The van der Waals surface area contributed by atoms with Crippen molar-refractivity contribution in [3.05, 3.63) is 47.9 Å². The van der Waals surface area contributed by atoms with Crippen LogP contribution in [0.15, 0.2) is 41.4 Å². The van der Waals surface area contributed by atoms with Gasteiger partial charge >= 0.3 is 0 Å². The van der Waals surface area contributed by atoms with Crippen molar-refractivity contribution in [1.82, 2.24) is 4.98 Å². The second kappa shape index (κ2) is 6.09. The number of pyridine rings is 1. The van der Waals surface area contributed by atoms with Crippen LogP contribution in [0.3, 0.4) is 0 Å². The van der Waals surface area contributed by atoms with E-state index in [2.05, 4.69) is 15.0 Å². The maximum Gasteiger partial charge on any atom is 0.262 e. The average Bonchev–Trinajstić information content (AvgIpc) is 2.37. The van der Waals surface area contributed by atoms with Crippen LogP contribution in [0, 0.1) is 12.7 Å². The Labute approximate surface area is 123 Å². The molecule has 2 N–H and O–H groups in total. The van der Waals surface area contributed by atoms with Crippen LogP contribution in [0.2, 0.25) is 0 Å². The Morgan fingerprint density at radius 3 is 2.67 bits per heavy atom. The molecular weight excluding hydrogens is 293 g/mol. The molecule has 0 unspecified atom stereocenters. The predicted octanol–water partition coefficient (Wildman–Crippen LogP) is 2.76. The SMILES string of the molecule is CCNc1cc(S(=O)(=O)Nc2cc(C)cc(F)c2)ccn1. The zero-order chi connectivity index (χ0) is 15.5. The summed E-state index contributed by atoms with van der Waals surface area (Å²) in [7, 11) is -3.78. The van der Waals surface area contributed by atoms with E-state index < -0.39 is 15.8 Å². The van der Waals surface area contributed by atoms with Crippen LogP contribution >= 0.6 is 0 Å². The summed E-state index contributed by atoms with van der Waals surface area (Å²) in [4.78, 5) is 4.08. The molecule has 1 aromatic carbocycles. The molecule has 0 saturated carbocycles. The largest absolute Gasteiger partial charge is 0.370 e. The fourth-order valence-electron chi connectivity index (χ4n) is 1.87. The van der Waals surface area contributed by atoms with Gasteiger partial charge in [0.15, 0.2) is 0 Å². The first-order valence-electron chi connectivity index (χ1n) is 6.40. The minimum Gasteiger partial charge on any atom is -0.370 e. The molecule has 0 aliphatic carbocycles. The quantitative estimate of drug-likeness (QED) is 0.891. The van der Waals surface area contributed by atoms with E-state index in [0.29, 0.717) is 17.9 Å². The van der Waals surface area contributed by atoms with E-state index in [1.807, 2.05) is 6.92 Å². The first kappa shape index (κ1) is 15.2. The highest BCUT2D eigenvalue weighted by Crippen LogP contribution is 2.19. The minimum atomic E-state index is -3.78. The lowest BCUT2D eigenvalue weighted by Gasteiger charge is -2.10. The van der Waals surface area contributed by atoms with Crippen molar-refractivity contribution in [2.24, 2.45) is 0 Å². The number of aromatic nitrogens is 1. The molecular formula is C14H16FN3O2S. The van der Waals surface area contributed by atoms with Crippen LogP contribution in [0.4, 0.5) is 15.9 Å². The molecule has 0 spiro atoms. The molecule has 5 nitrogen and oxygen atoms in total. The topological polar surface area (TPSA) is 71.1 Å². The third-order valence-corrected chi connectivity index (χ3v) is 4.07. The van der Waals surface area contributed by atoms with Gasteiger partial charge in [-0.1, -0.05) is 0 Å². The van der Waals surface area contributed by atoms with E-state index in [-0.39, 0.29) is 10.6 Å². The molecule has 0 radical (unpaired) electrons. The number of nitrogens with one attached hydrogen (secondary N) is 2. The molecule has 1 heterocycles. The predicted molar refractivity (Wildman–Crippen MR) is 80.3 cm³/mol. The monoisotopic (exact) mass is 309 g/mol. The second-order valence-electron chi connectivity index (χ2n) is 4.53. The Hall–Kier alpha value is -2.15. The smallest absolute Gasteiger partial charge is 0.262 e. The van der Waals surface area contributed by atoms with Gasteiger partial charge in [0.2, 0.25) is 0 Å². The van der Waals surface area contributed by atoms with Crippen molar-refractivity contribution in [2.75, 3.05) is 16.6 Å². The summed E-state index contributed by atoms with van der Waals surface area (Å²) in [5.41, 5.74) is 0.824. The number of benzene rings is 1. The van der Waals surface area contributed by atoms with E-state index >= 15 is 0 Å². The van der Waals surface area contributed by atoms with Crippen molar-refractivity contribution in [3.63, 3.8) is 0 Å². The summed E-state index contributed by atoms with van der Waals surface area (Å²) in [6.45, 7) is 4.21. The zero-order valence-electron chi connectivity index (χ0n) is 11.7. The molecule has 21 heavy (non-hydrogen) atoms. The summed E-state index contributed by atoms with van der Waals surface area (Å²) >= 11 is 0. The van der Waals surface area contributed by atoms with Crippen molar-refractivity contribution in [2.45, 2.75) is 18.7 Å². The van der Waals surface area contributed by atoms with Gasteiger partial charge in [-0.3, -0.25) is 4.72 Å². The number of nitrogens with zero attached hydrogens (tertiary/aromatic N) is 1. The van der Waals surface area contributed by atoms with Gasteiger partial charge < -0.3 is 5.32 Å². The highest BCUT2D eigenvalue weighted by atomic mass is 32.2. The van der Waals surface area contributed by atoms with E-state index in [9.17, 15) is 12.8 Å². The van der Waals surface area contributed by atoms with Crippen molar-refractivity contribution < 1.29 is 12.8 Å². The number of sulfonamides is 1. The molecule has 0 fully saturated rings. The molecule has 0 amide bonds. The highest BCUT2D eigenvalue weighted by molar-refractivity contribution is 7.92. The molecule has 7 heteroatoms. The summed E-state index contributed by atoms with van der Waals surface area (Å²) in [5.74, 6) is -0.0217. The Kier molecular flexibility index (Phi) is 4.42. The van der Waals surface area contributed by atoms with Gasteiger partial charge in [0, 0.05) is 18.8 Å². The van der Waals surface area contributed by atoms with Crippen LogP contribution < -0.4 is 10.0 Å². The molecule has 0 aliphatic heterocycles. The standard InChI is InChI=1S/C14H16FN3O2S/c1-3-16-14-9-13(4-5-17-14)21(19,20)18-12-7-10(2)6-11(15)8-12/h4-9,18H,3H2,1-2H3,(H,16,17). The first-order valence-corrected chi connectivity index (χ1v) is 7.89. The average molecular weight is 309 g/mol. The Balaban J connectivity index is 2.31. The van der Waals surface area contributed by atoms with E-state index in [4.69, 9.17) is 0 Å². The van der Waals surface area contributed by atoms with Crippen LogP contribution in [0.5, 0.6) is 0 Å². The number of anilines is 2. The van der Waals surface area contributed by atoms with Gasteiger partial charge in [0.05, 0.1) is 10.6 Å². The Morgan fingerprint density at radius 2 is 2.00 bits per heavy atom. The Bertz CT molecular complexity index is 727. The first-order chi connectivity index (χ1) is 9.90. The number of hydrogen-bond acceptors (Lipinski definition) is 4. The maximum absolute atomic E-state index is 13.3. The number of hydrogen-bond donors (Lipinski definition) is 2. The summed E-state index contributed by atoms with van der Waals surface area (Å²) in [6, 6.07) is 6.84. The third-order valence-electron chi connectivity index (χ3n) is 2.69. The molecule has 112 valence electrons. The molecule has 2 aromatic rings. The minimum absolute atomic E-state index is 0.0652. The zero-order valence-corrected chi connectivity index (χ0v) is 12.5. The maximum atomic E-state index is 13.3. The molecule has 0 aliphatic rings. The molecule has 2 rings (SSSR count). The Morgan fingerprint density at radius 1 is 1.24 bits per heavy atom. The molecule has 0 bridgehead atoms. The van der Waals surface area contributed by atoms with E-state index in [0.717, 1.165) is 6.07 Å². The summed E-state index contributed by atoms with van der Waals surface area (Å²) < 4.78 is 40.3. The van der Waals surface area contributed by atoms with Gasteiger partial charge in [-0.2, -0.15) is 0 Å². The van der Waals surface area contributed by atoms with Crippen LogP contribution in [0.1, 0.15) is 12.5 Å². The number of halogens is 1. The van der Waals surface area contributed by atoms with Crippen molar-refractivity contribution in [3.8, 4) is 0 Å². The van der Waals surface area contributed by atoms with E-state index in [1.165, 1.54) is 24.4 Å². The lowest BCUT2D eigenvalue weighted by molar-refractivity contribution is 0.601. The van der Waals surface area contributed by atoms with Crippen LogP contribution in [-0.2, 0) is 10.0 Å². The lowest BCUT2D eigenvalue weighted by atomic mass is 10.2. The van der Waals surface area contributed by atoms with Gasteiger partial charge in [-0.25, -0.2) is 17.8 Å².